The highest BCUT2D eigenvalue weighted by molar-refractivity contribution is 5.73. The van der Waals surface area contributed by atoms with E-state index in [0.29, 0.717) is 13.0 Å². The summed E-state index contributed by atoms with van der Waals surface area (Å²) < 4.78 is 5.62. The highest BCUT2D eigenvalue weighted by Crippen LogP contribution is 2.19. The molecule has 3 heteroatoms. The van der Waals surface area contributed by atoms with Gasteiger partial charge in [0.1, 0.15) is 0 Å². The Morgan fingerprint density at radius 2 is 1.93 bits per heavy atom. The molecule has 90 valence electrons. The van der Waals surface area contributed by atoms with Crippen LogP contribution in [0.2, 0.25) is 0 Å². The molecule has 0 unspecified atom stereocenters. The third-order valence-corrected chi connectivity index (χ3v) is 2.47. The highest BCUT2D eigenvalue weighted by Gasteiger charge is 2.17. The normalized spacial score (nSPS) is 11.7. The maximum atomic E-state index is 10.5. The Morgan fingerprint density at radius 1 is 1.27 bits per heavy atom. The molecule has 2 N–H and O–H groups in total. The number of ether oxygens (including phenoxy) is 1. The van der Waals surface area contributed by atoms with Crippen molar-refractivity contribution in [3.8, 4) is 0 Å². The number of rotatable bonds is 9. The Morgan fingerprint density at radius 3 is 2.47 bits per heavy atom. The molecule has 15 heavy (non-hydrogen) atoms. The van der Waals surface area contributed by atoms with Crippen molar-refractivity contribution < 1.29 is 9.53 Å². The Balaban J connectivity index is 3.53. The van der Waals surface area contributed by atoms with Gasteiger partial charge in [-0.15, -0.1) is 0 Å². The minimum Gasteiger partial charge on any atom is -0.375 e. The van der Waals surface area contributed by atoms with E-state index < -0.39 is 0 Å². The van der Waals surface area contributed by atoms with Gasteiger partial charge in [-0.25, -0.2) is 0 Å². The van der Waals surface area contributed by atoms with Gasteiger partial charge in [-0.2, -0.15) is 0 Å². The van der Waals surface area contributed by atoms with Crippen molar-refractivity contribution >= 4 is 5.91 Å². The van der Waals surface area contributed by atoms with Crippen molar-refractivity contribution in [2.24, 2.45) is 5.73 Å². The number of primary amides is 1. The lowest BCUT2D eigenvalue weighted by Crippen LogP contribution is -2.26. The SMILES string of the molecule is CCCCCCC(C)(C)OCCC(N)=O. The fourth-order valence-electron chi connectivity index (χ4n) is 1.48. The Hall–Kier alpha value is -0.570. The third-order valence-electron chi connectivity index (χ3n) is 2.47. The van der Waals surface area contributed by atoms with Crippen molar-refractivity contribution in [1.29, 1.82) is 0 Å². The predicted molar refractivity (Wildman–Crippen MR) is 62.6 cm³/mol. The average molecular weight is 215 g/mol. The maximum Gasteiger partial charge on any atom is 0.219 e. The molecule has 0 aromatic carbocycles. The first kappa shape index (κ1) is 14.4. The molecule has 0 saturated heterocycles. The smallest absolute Gasteiger partial charge is 0.219 e. The standard InChI is InChI=1S/C12H25NO2/c1-4-5-6-7-9-12(2,3)15-10-8-11(13)14/h4-10H2,1-3H3,(H2,13,14). The first-order chi connectivity index (χ1) is 6.98. The van der Waals surface area contributed by atoms with Crippen molar-refractivity contribution in [2.45, 2.75) is 64.9 Å². The van der Waals surface area contributed by atoms with Gasteiger partial charge in [0.2, 0.25) is 5.91 Å². The lowest BCUT2D eigenvalue weighted by Gasteiger charge is -2.25. The summed E-state index contributed by atoms with van der Waals surface area (Å²) in [4.78, 5) is 10.5. The number of nitrogens with two attached hydrogens (primary N) is 1. The summed E-state index contributed by atoms with van der Waals surface area (Å²) in [6, 6.07) is 0. The quantitative estimate of drug-likeness (QED) is 0.601. The van der Waals surface area contributed by atoms with E-state index in [4.69, 9.17) is 10.5 Å². The van der Waals surface area contributed by atoms with Crippen molar-refractivity contribution in [1.82, 2.24) is 0 Å². The van der Waals surface area contributed by atoms with Crippen LogP contribution < -0.4 is 5.73 Å². The van der Waals surface area contributed by atoms with Gasteiger partial charge in [-0.05, 0) is 20.3 Å². The second-order valence-electron chi connectivity index (χ2n) is 4.64. The van der Waals surface area contributed by atoms with E-state index in [9.17, 15) is 4.79 Å². The van der Waals surface area contributed by atoms with Crippen LogP contribution in [0.3, 0.4) is 0 Å². The average Bonchev–Trinajstić information content (AvgIpc) is 2.11. The van der Waals surface area contributed by atoms with E-state index in [0.717, 1.165) is 6.42 Å². The van der Waals surface area contributed by atoms with Gasteiger partial charge in [0.15, 0.2) is 0 Å². The number of hydrogen-bond acceptors (Lipinski definition) is 2. The topological polar surface area (TPSA) is 52.3 Å². The molecule has 0 aromatic rings. The van der Waals surface area contributed by atoms with E-state index >= 15 is 0 Å². The van der Waals surface area contributed by atoms with Crippen LogP contribution in [0.1, 0.15) is 59.3 Å². The third kappa shape index (κ3) is 9.73. The molecule has 0 aliphatic rings. The van der Waals surface area contributed by atoms with Crippen LogP contribution in [0, 0.1) is 0 Å². The van der Waals surface area contributed by atoms with Gasteiger partial charge in [-0.3, -0.25) is 4.79 Å². The first-order valence-corrected chi connectivity index (χ1v) is 5.90. The number of unbranched alkanes of at least 4 members (excludes halogenated alkanes) is 3. The van der Waals surface area contributed by atoms with E-state index in [-0.39, 0.29) is 11.5 Å². The lowest BCUT2D eigenvalue weighted by atomic mass is 10.00. The van der Waals surface area contributed by atoms with Gasteiger partial charge in [0, 0.05) is 6.42 Å². The van der Waals surface area contributed by atoms with E-state index in [1.807, 2.05) is 0 Å². The molecule has 0 fully saturated rings. The van der Waals surface area contributed by atoms with E-state index in [1.165, 1.54) is 25.7 Å². The molecule has 0 saturated carbocycles. The second-order valence-corrected chi connectivity index (χ2v) is 4.64. The zero-order chi connectivity index (χ0) is 11.7. The van der Waals surface area contributed by atoms with Crippen LogP contribution >= 0.6 is 0 Å². The van der Waals surface area contributed by atoms with Crippen molar-refractivity contribution in [3.63, 3.8) is 0 Å². The van der Waals surface area contributed by atoms with Crippen molar-refractivity contribution in [2.75, 3.05) is 6.61 Å². The Labute approximate surface area is 93.4 Å². The molecule has 0 rings (SSSR count). The number of carbonyl (C=O) groups excluding carboxylic acids is 1. The minimum atomic E-state index is -0.295. The fourth-order valence-corrected chi connectivity index (χ4v) is 1.48. The molecule has 0 atom stereocenters. The summed E-state index contributed by atoms with van der Waals surface area (Å²) in [7, 11) is 0. The summed E-state index contributed by atoms with van der Waals surface area (Å²) in [5.41, 5.74) is 4.92. The molecular weight excluding hydrogens is 190 g/mol. The molecule has 0 radical (unpaired) electrons. The van der Waals surface area contributed by atoms with Gasteiger partial charge in [0.05, 0.1) is 12.2 Å². The number of carbonyl (C=O) groups is 1. The zero-order valence-electron chi connectivity index (χ0n) is 10.3. The van der Waals surface area contributed by atoms with Crippen molar-refractivity contribution in [3.05, 3.63) is 0 Å². The molecule has 0 heterocycles. The minimum absolute atomic E-state index is 0.122. The van der Waals surface area contributed by atoms with Crippen LogP contribution in [0.15, 0.2) is 0 Å². The van der Waals surface area contributed by atoms with Crippen LogP contribution in [-0.4, -0.2) is 18.1 Å². The summed E-state index contributed by atoms with van der Waals surface area (Å²) in [5, 5.41) is 0. The Bertz CT molecular complexity index is 178. The Kier molecular flexibility index (Phi) is 7.39. The predicted octanol–water partition coefficient (Wildman–Crippen LogP) is 2.63. The molecule has 0 aromatic heterocycles. The summed E-state index contributed by atoms with van der Waals surface area (Å²) >= 11 is 0. The second kappa shape index (κ2) is 7.69. The van der Waals surface area contributed by atoms with E-state index in [2.05, 4.69) is 20.8 Å². The molecule has 0 aliphatic heterocycles. The largest absolute Gasteiger partial charge is 0.375 e. The van der Waals surface area contributed by atoms with Gasteiger partial charge >= 0.3 is 0 Å². The van der Waals surface area contributed by atoms with Crippen LogP contribution in [0.4, 0.5) is 0 Å². The van der Waals surface area contributed by atoms with Gasteiger partial charge in [0.25, 0.3) is 0 Å². The first-order valence-electron chi connectivity index (χ1n) is 5.90. The van der Waals surface area contributed by atoms with Gasteiger partial charge in [-0.1, -0.05) is 32.6 Å². The van der Waals surface area contributed by atoms with Crippen LogP contribution in [0.25, 0.3) is 0 Å². The molecular formula is C12H25NO2. The maximum absolute atomic E-state index is 10.5. The number of amides is 1. The summed E-state index contributed by atoms with van der Waals surface area (Å²) in [5.74, 6) is -0.295. The molecule has 3 nitrogen and oxygen atoms in total. The van der Waals surface area contributed by atoms with Crippen LogP contribution in [-0.2, 0) is 9.53 Å². The van der Waals surface area contributed by atoms with Crippen LogP contribution in [0.5, 0.6) is 0 Å². The highest BCUT2D eigenvalue weighted by atomic mass is 16.5. The fraction of sp³-hybridized carbons (Fsp3) is 0.917. The van der Waals surface area contributed by atoms with E-state index in [1.54, 1.807) is 0 Å². The molecule has 0 aliphatic carbocycles. The monoisotopic (exact) mass is 215 g/mol. The molecule has 1 amide bonds. The van der Waals surface area contributed by atoms with Gasteiger partial charge < -0.3 is 10.5 Å². The summed E-state index contributed by atoms with van der Waals surface area (Å²) in [6.07, 6.45) is 6.36. The molecule has 0 bridgehead atoms. The zero-order valence-corrected chi connectivity index (χ0v) is 10.3. The lowest BCUT2D eigenvalue weighted by molar-refractivity contribution is -0.120. The number of hydrogen-bond donors (Lipinski definition) is 1. The molecule has 0 spiro atoms. The summed E-state index contributed by atoms with van der Waals surface area (Å²) in [6.45, 7) is 6.78.